The van der Waals surface area contributed by atoms with Gasteiger partial charge in [-0.15, -0.1) is 0 Å². The molecule has 0 N–H and O–H groups in total. The molecule has 4 heteroatoms. The minimum Gasteiger partial charge on any atom is -0.360 e. The smallest absolute Gasteiger partial charge is 0.198 e. The molecule has 0 saturated heterocycles. The van der Waals surface area contributed by atoms with Gasteiger partial charge in [-0.3, -0.25) is 4.79 Å². The van der Waals surface area contributed by atoms with Crippen molar-refractivity contribution in [2.75, 3.05) is 0 Å². The number of carbonyl (C=O) groups excluding carboxylic acids is 1. The number of aromatic nitrogens is 1. The monoisotopic (exact) mass is 423 g/mol. The van der Waals surface area contributed by atoms with Crippen molar-refractivity contribution in [2.24, 2.45) is 5.92 Å². The largest absolute Gasteiger partial charge is 0.360 e. The van der Waals surface area contributed by atoms with Crippen LogP contribution in [0.3, 0.4) is 0 Å². The molecular formula is C23H22BrNO2. The maximum Gasteiger partial charge on any atom is 0.198 e. The number of halogens is 1. The summed E-state index contributed by atoms with van der Waals surface area (Å²) < 4.78 is 6.38. The van der Waals surface area contributed by atoms with E-state index < -0.39 is 0 Å². The second kappa shape index (κ2) is 7.43. The zero-order chi connectivity index (χ0) is 19.0. The molecule has 0 spiro atoms. The van der Waals surface area contributed by atoms with Gasteiger partial charge in [-0.05, 0) is 48.1 Å². The van der Waals surface area contributed by atoms with Crippen LogP contribution in [0, 0.1) is 5.92 Å². The summed E-state index contributed by atoms with van der Waals surface area (Å²) >= 11 is 3.59. The molecule has 2 aromatic carbocycles. The summed E-state index contributed by atoms with van der Waals surface area (Å²) in [4.78, 5) is 13.4. The molecule has 1 aliphatic carbocycles. The van der Waals surface area contributed by atoms with Crippen molar-refractivity contribution in [2.45, 2.75) is 38.5 Å². The molecule has 1 fully saturated rings. The SMILES string of the molecule is CC(C)C(c1ccccc1)c1cc(Br)ccc1C(=O)c1cnoc1C1CC1. The highest BCUT2D eigenvalue weighted by atomic mass is 79.9. The molecule has 1 saturated carbocycles. The number of nitrogens with zero attached hydrogens (tertiary/aromatic N) is 1. The molecule has 3 aromatic rings. The van der Waals surface area contributed by atoms with Crippen LogP contribution in [-0.4, -0.2) is 10.9 Å². The summed E-state index contributed by atoms with van der Waals surface area (Å²) in [5.41, 5.74) is 3.59. The highest BCUT2D eigenvalue weighted by molar-refractivity contribution is 9.10. The number of hydrogen-bond donors (Lipinski definition) is 0. The van der Waals surface area contributed by atoms with Crippen LogP contribution < -0.4 is 0 Å². The van der Waals surface area contributed by atoms with Crippen LogP contribution >= 0.6 is 15.9 Å². The van der Waals surface area contributed by atoms with Gasteiger partial charge in [-0.1, -0.05) is 65.3 Å². The van der Waals surface area contributed by atoms with Crippen molar-refractivity contribution in [3.63, 3.8) is 0 Å². The van der Waals surface area contributed by atoms with Crippen LogP contribution in [-0.2, 0) is 0 Å². The van der Waals surface area contributed by atoms with E-state index in [0.29, 0.717) is 17.4 Å². The van der Waals surface area contributed by atoms with Gasteiger partial charge in [0.25, 0.3) is 0 Å². The Morgan fingerprint density at radius 2 is 1.85 bits per heavy atom. The van der Waals surface area contributed by atoms with Crippen LogP contribution in [0.25, 0.3) is 0 Å². The summed E-state index contributed by atoms with van der Waals surface area (Å²) in [7, 11) is 0. The Balaban J connectivity index is 1.82. The van der Waals surface area contributed by atoms with E-state index in [4.69, 9.17) is 4.52 Å². The fourth-order valence-corrected chi connectivity index (χ4v) is 4.16. The van der Waals surface area contributed by atoms with Gasteiger partial charge in [-0.2, -0.15) is 0 Å². The van der Waals surface area contributed by atoms with E-state index in [1.807, 2.05) is 18.2 Å². The number of carbonyl (C=O) groups is 1. The predicted octanol–water partition coefficient (Wildman–Crippen LogP) is 6.33. The van der Waals surface area contributed by atoms with Crippen molar-refractivity contribution in [1.29, 1.82) is 0 Å². The molecule has 1 aliphatic rings. The van der Waals surface area contributed by atoms with Gasteiger partial charge in [0.1, 0.15) is 0 Å². The maximum atomic E-state index is 13.4. The molecule has 1 unspecified atom stereocenters. The third kappa shape index (κ3) is 3.63. The fourth-order valence-electron chi connectivity index (χ4n) is 3.79. The topological polar surface area (TPSA) is 43.1 Å². The van der Waals surface area contributed by atoms with Crippen molar-refractivity contribution < 1.29 is 9.32 Å². The molecule has 4 rings (SSSR count). The van der Waals surface area contributed by atoms with Gasteiger partial charge < -0.3 is 4.52 Å². The fraction of sp³-hybridized carbons (Fsp3) is 0.304. The Morgan fingerprint density at radius 3 is 2.52 bits per heavy atom. The minimum absolute atomic E-state index is 0.00207. The zero-order valence-corrected chi connectivity index (χ0v) is 17.1. The Morgan fingerprint density at radius 1 is 1.11 bits per heavy atom. The highest BCUT2D eigenvalue weighted by Gasteiger charge is 2.34. The first-order chi connectivity index (χ1) is 13.1. The first kappa shape index (κ1) is 18.2. The molecule has 0 bridgehead atoms. The van der Waals surface area contributed by atoms with Gasteiger partial charge in [0, 0.05) is 21.9 Å². The number of ketones is 1. The Hall–Kier alpha value is -2.20. The average molecular weight is 424 g/mol. The third-order valence-electron chi connectivity index (χ3n) is 5.21. The van der Waals surface area contributed by atoms with E-state index >= 15 is 0 Å². The molecule has 1 aromatic heterocycles. The first-order valence-corrected chi connectivity index (χ1v) is 10.2. The number of hydrogen-bond acceptors (Lipinski definition) is 3. The van der Waals surface area contributed by atoms with Crippen molar-refractivity contribution in [1.82, 2.24) is 5.16 Å². The normalized spacial score (nSPS) is 15.1. The maximum absolute atomic E-state index is 13.4. The molecule has 1 heterocycles. The summed E-state index contributed by atoms with van der Waals surface area (Å²) in [6, 6.07) is 16.3. The van der Waals surface area contributed by atoms with Crippen LogP contribution in [0.5, 0.6) is 0 Å². The van der Waals surface area contributed by atoms with E-state index in [0.717, 1.165) is 34.2 Å². The first-order valence-electron chi connectivity index (χ1n) is 9.40. The van der Waals surface area contributed by atoms with E-state index in [1.165, 1.54) is 5.56 Å². The van der Waals surface area contributed by atoms with E-state index in [2.05, 4.69) is 65.3 Å². The predicted molar refractivity (Wildman–Crippen MR) is 109 cm³/mol. The van der Waals surface area contributed by atoms with Crippen LogP contribution in [0.1, 0.15) is 71.3 Å². The lowest BCUT2D eigenvalue weighted by Gasteiger charge is -2.24. The minimum atomic E-state index is 0.00207. The molecule has 0 aliphatic heterocycles. The van der Waals surface area contributed by atoms with Crippen LogP contribution in [0.2, 0.25) is 0 Å². The Bertz CT molecular complexity index is 958. The van der Waals surface area contributed by atoms with Crippen LogP contribution in [0.4, 0.5) is 0 Å². The van der Waals surface area contributed by atoms with Gasteiger partial charge in [0.15, 0.2) is 11.5 Å². The second-order valence-corrected chi connectivity index (χ2v) is 8.49. The number of benzene rings is 2. The Labute approximate surface area is 167 Å². The summed E-state index contributed by atoms with van der Waals surface area (Å²) in [5, 5.41) is 3.91. The summed E-state index contributed by atoms with van der Waals surface area (Å²) in [6.45, 7) is 4.39. The van der Waals surface area contributed by atoms with E-state index in [1.54, 1.807) is 6.20 Å². The molecular weight excluding hydrogens is 402 g/mol. The average Bonchev–Trinajstić information content (AvgIpc) is 3.39. The highest BCUT2D eigenvalue weighted by Crippen LogP contribution is 2.43. The van der Waals surface area contributed by atoms with Gasteiger partial charge in [-0.25, -0.2) is 0 Å². The zero-order valence-electron chi connectivity index (χ0n) is 15.5. The summed E-state index contributed by atoms with van der Waals surface area (Å²) in [6.07, 6.45) is 3.72. The molecule has 138 valence electrons. The quantitative estimate of drug-likeness (QED) is 0.434. The van der Waals surface area contributed by atoms with Crippen molar-refractivity contribution >= 4 is 21.7 Å². The van der Waals surface area contributed by atoms with Crippen LogP contribution in [0.15, 0.2) is 63.7 Å². The third-order valence-corrected chi connectivity index (χ3v) is 5.70. The standard InChI is InChI=1S/C23H22BrNO2/c1-14(2)21(15-6-4-3-5-7-15)19-12-17(24)10-11-18(19)22(26)20-13-25-27-23(20)16-8-9-16/h3-7,10-14,16,21H,8-9H2,1-2H3. The van der Waals surface area contributed by atoms with E-state index in [9.17, 15) is 4.79 Å². The Kier molecular flexibility index (Phi) is 5.00. The van der Waals surface area contributed by atoms with Crippen molar-refractivity contribution in [3.05, 3.63) is 87.2 Å². The summed E-state index contributed by atoms with van der Waals surface area (Å²) in [5.74, 6) is 1.57. The lowest BCUT2D eigenvalue weighted by molar-refractivity contribution is 0.103. The van der Waals surface area contributed by atoms with Gasteiger partial charge >= 0.3 is 0 Å². The second-order valence-electron chi connectivity index (χ2n) is 7.57. The lowest BCUT2D eigenvalue weighted by atomic mass is 9.79. The molecule has 27 heavy (non-hydrogen) atoms. The molecule has 3 nitrogen and oxygen atoms in total. The van der Waals surface area contributed by atoms with Crippen molar-refractivity contribution in [3.8, 4) is 0 Å². The molecule has 0 radical (unpaired) electrons. The lowest BCUT2D eigenvalue weighted by Crippen LogP contribution is -2.15. The van der Waals surface area contributed by atoms with Gasteiger partial charge in [0.05, 0.1) is 11.8 Å². The molecule has 0 amide bonds. The van der Waals surface area contributed by atoms with Gasteiger partial charge in [0.2, 0.25) is 0 Å². The van der Waals surface area contributed by atoms with E-state index in [-0.39, 0.29) is 11.7 Å². The number of rotatable bonds is 6. The molecule has 1 atom stereocenters.